The summed E-state index contributed by atoms with van der Waals surface area (Å²) >= 11 is 0. The van der Waals surface area contributed by atoms with Gasteiger partial charge in [-0.05, 0) is 54.9 Å². The summed E-state index contributed by atoms with van der Waals surface area (Å²) in [6, 6.07) is 26.4. The zero-order chi connectivity index (χ0) is 23.0. The summed E-state index contributed by atoms with van der Waals surface area (Å²) in [4.78, 5) is 17.4. The SMILES string of the molecule is CCNCCC(OCc1cccc(N2CCN(C)c3ccccc3C2=O)c1)c1ccccc1. The number of fused-ring (bicyclic) bond motifs is 1. The molecule has 1 unspecified atom stereocenters. The van der Waals surface area contributed by atoms with Crippen LogP contribution in [-0.2, 0) is 11.3 Å². The minimum atomic E-state index is 0.0225. The third kappa shape index (κ3) is 5.62. The molecule has 33 heavy (non-hydrogen) atoms. The lowest BCUT2D eigenvalue weighted by molar-refractivity contribution is 0.0342. The van der Waals surface area contributed by atoms with Gasteiger partial charge < -0.3 is 19.9 Å². The van der Waals surface area contributed by atoms with Crippen LogP contribution in [0.25, 0.3) is 0 Å². The fraction of sp³-hybridized carbons (Fsp3) is 0.321. The summed E-state index contributed by atoms with van der Waals surface area (Å²) < 4.78 is 6.38. The Bertz CT molecular complexity index is 1050. The molecule has 1 atom stereocenters. The predicted molar refractivity (Wildman–Crippen MR) is 135 cm³/mol. The van der Waals surface area contributed by atoms with Crippen molar-refractivity contribution >= 4 is 17.3 Å². The summed E-state index contributed by atoms with van der Waals surface area (Å²) in [5.74, 6) is 0.0424. The molecule has 0 radical (unpaired) electrons. The Morgan fingerprint density at radius 1 is 0.970 bits per heavy atom. The number of anilines is 2. The quantitative estimate of drug-likeness (QED) is 0.471. The van der Waals surface area contributed by atoms with E-state index in [1.807, 2.05) is 54.4 Å². The molecular formula is C28H33N3O2. The Morgan fingerprint density at radius 3 is 2.58 bits per heavy atom. The fourth-order valence-electron chi connectivity index (χ4n) is 4.29. The first-order valence-corrected chi connectivity index (χ1v) is 11.8. The molecule has 3 aromatic rings. The third-order valence-electron chi connectivity index (χ3n) is 6.13. The number of nitrogens with one attached hydrogen (secondary N) is 1. The number of hydrogen-bond acceptors (Lipinski definition) is 4. The summed E-state index contributed by atoms with van der Waals surface area (Å²) in [6.07, 6.45) is 0.930. The van der Waals surface area contributed by atoms with E-state index < -0.39 is 0 Å². The standard InChI is InChI=1S/C28H33N3O2/c1-3-29-17-16-27(23-11-5-4-6-12-23)33-21-22-10-9-13-24(20-22)31-19-18-30(2)26-15-8-7-14-25(26)28(31)32/h4-15,20,27,29H,3,16-19,21H2,1-2H3. The summed E-state index contributed by atoms with van der Waals surface area (Å²) in [5, 5.41) is 3.39. The van der Waals surface area contributed by atoms with E-state index in [2.05, 4.69) is 53.5 Å². The highest BCUT2D eigenvalue weighted by Gasteiger charge is 2.25. The molecule has 3 aromatic carbocycles. The van der Waals surface area contributed by atoms with Gasteiger partial charge in [-0.15, -0.1) is 0 Å². The van der Waals surface area contributed by atoms with Gasteiger partial charge in [-0.3, -0.25) is 4.79 Å². The molecule has 1 N–H and O–H groups in total. The van der Waals surface area contributed by atoms with Crippen LogP contribution in [0.4, 0.5) is 11.4 Å². The molecule has 0 fully saturated rings. The first kappa shape index (κ1) is 23.0. The fourth-order valence-corrected chi connectivity index (χ4v) is 4.29. The molecule has 1 aliphatic rings. The van der Waals surface area contributed by atoms with Crippen molar-refractivity contribution in [1.29, 1.82) is 0 Å². The van der Waals surface area contributed by atoms with Crippen molar-refractivity contribution in [2.24, 2.45) is 0 Å². The van der Waals surface area contributed by atoms with E-state index in [-0.39, 0.29) is 12.0 Å². The van der Waals surface area contributed by atoms with Crippen LogP contribution in [-0.4, -0.2) is 39.1 Å². The molecule has 0 aromatic heterocycles. The van der Waals surface area contributed by atoms with E-state index in [0.717, 1.165) is 48.6 Å². The average molecular weight is 444 g/mol. The van der Waals surface area contributed by atoms with Crippen LogP contribution in [0.2, 0.25) is 0 Å². The summed E-state index contributed by atoms with van der Waals surface area (Å²) in [7, 11) is 2.04. The van der Waals surface area contributed by atoms with E-state index in [1.165, 1.54) is 5.56 Å². The van der Waals surface area contributed by atoms with Gasteiger partial charge in [0.1, 0.15) is 0 Å². The zero-order valence-electron chi connectivity index (χ0n) is 19.5. The number of benzene rings is 3. The van der Waals surface area contributed by atoms with Gasteiger partial charge in [-0.2, -0.15) is 0 Å². The third-order valence-corrected chi connectivity index (χ3v) is 6.13. The van der Waals surface area contributed by atoms with E-state index in [4.69, 9.17) is 4.74 Å². The highest BCUT2D eigenvalue weighted by molar-refractivity contribution is 6.10. The number of ether oxygens (including phenoxy) is 1. The highest BCUT2D eigenvalue weighted by atomic mass is 16.5. The van der Waals surface area contributed by atoms with Crippen LogP contribution >= 0.6 is 0 Å². The molecule has 4 rings (SSSR count). The lowest BCUT2D eigenvalue weighted by atomic mass is 10.1. The molecule has 0 saturated heterocycles. The van der Waals surface area contributed by atoms with Crippen LogP contribution < -0.4 is 15.1 Å². The molecular weight excluding hydrogens is 410 g/mol. The Kier molecular flexibility index (Phi) is 7.76. The lowest BCUT2D eigenvalue weighted by Gasteiger charge is -2.23. The van der Waals surface area contributed by atoms with E-state index in [9.17, 15) is 4.79 Å². The molecule has 5 heteroatoms. The minimum Gasteiger partial charge on any atom is -0.372 e. The van der Waals surface area contributed by atoms with Crippen molar-refractivity contribution in [3.8, 4) is 0 Å². The van der Waals surface area contributed by atoms with Crippen molar-refractivity contribution in [3.05, 3.63) is 95.6 Å². The number of para-hydroxylation sites is 1. The molecule has 172 valence electrons. The smallest absolute Gasteiger partial charge is 0.260 e. The zero-order valence-corrected chi connectivity index (χ0v) is 19.5. The van der Waals surface area contributed by atoms with Gasteiger partial charge in [0.15, 0.2) is 0 Å². The first-order valence-electron chi connectivity index (χ1n) is 11.8. The van der Waals surface area contributed by atoms with Crippen molar-refractivity contribution < 1.29 is 9.53 Å². The number of hydrogen-bond donors (Lipinski definition) is 1. The topological polar surface area (TPSA) is 44.8 Å². The Labute approximate surface area is 197 Å². The van der Waals surface area contributed by atoms with Crippen LogP contribution in [0.15, 0.2) is 78.9 Å². The first-order chi connectivity index (χ1) is 16.2. The van der Waals surface area contributed by atoms with Crippen LogP contribution in [0.5, 0.6) is 0 Å². The monoisotopic (exact) mass is 443 g/mol. The molecule has 1 amide bonds. The summed E-state index contributed by atoms with van der Waals surface area (Å²) in [6.45, 7) is 5.90. The van der Waals surface area contributed by atoms with Crippen molar-refractivity contribution in [3.63, 3.8) is 0 Å². The lowest BCUT2D eigenvalue weighted by Crippen LogP contribution is -2.33. The van der Waals surface area contributed by atoms with E-state index >= 15 is 0 Å². The van der Waals surface area contributed by atoms with Crippen LogP contribution in [0.1, 0.15) is 40.9 Å². The molecule has 1 aliphatic heterocycles. The maximum Gasteiger partial charge on any atom is 0.260 e. The molecule has 0 aliphatic carbocycles. The van der Waals surface area contributed by atoms with Gasteiger partial charge in [0.05, 0.1) is 18.3 Å². The number of carbonyl (C=O) groups excluding carboxylic acids is 1. The Hall–Kier alpha value is -3.15. The number of amides is 1. The minimum absolute atomic E-state index is 0.0225. The molecule has 0 bridgehead atoms. The highest BCUT2D eigenvalue weighted by Crippen LogP contribution is 2.28. The van der Waals surface area contributed by atoms with Crippen LogP contribution in [0, 0.1) is 0 Å². The number of rotatable bonds is 9. The number of carbonyl (C=O) groups is 1. The second-order valence-electron chi connectivity index (χ2n) is 8.42. The van der Waals surface area contributed by atoms with E-state index in [0.29, 0.717) is 13.2 Å². The van der Waals surface area contributed by atoms with E-state index in [1.54, 1.807) is 0 Å². The maximum atomic E-state index is 13.4. The van der Waals surface area contributed by atoms with Crippen molar-refractivity contribution in [1.82, 2.24) is 5.32 Å². The average Bonchev–Trinajstić information content (AvgIpc) is 2.98. The number of likely N-dealkylation sites (N-methyl/N-ethyl adjacent to an activating group) is 1. The van der Waals surface area contributed by atoms with Crippen molar-refractivity contribution in [2.75, 3.05) is 43.0 Å². The molecule has 1 heterocycles. The predicted octanol–water partition coefficient (Wildman–Crippen LogP) is 5.04. The van der Waals surface area contributed by atoms with Gasteiger partial charge >= 0.3 is 0 Å². The number of nitrogens with zero attached hydrogens (tertiary/aromatic N) is 2. The van der Waals surface area contributed by atoms with Gasteiger partial charge in [-0.1, -0.05) is 61.5 Å². The van der Waals surface area contributed by atoms with Gasteiger partial charge in [0.2, 0.25) is 0 Å². The Morgan fingerprint density at radius 2 is 1.76 bits per heavy atom. The normalized spacial score (nSPS) is 14.7. The van der Waals surface area contributed by atoms with Gasteiger partial charge in [0, 0.05) is 31.5 Å². The maximum absolute atomic E-state index is 13.4. The summed E-state index contributed by atoms with van der Waals surface area (Å²) in [5.41, 5.74) is 4.89. The van der Waals surface area contributed by atoms with Gasteiger partial charge in [0.25, 0.3) is 5.91 Å². The Balaban J connectivity index is 1.50. The molecule has 0 spiro atoms. The largest absolute Gasteiger partial charge is 0.372 e. The second-order valence-corrected chi connectivity index (χ2v) is 8.42. The van der Waals surface area contributed by atoms with Gasteiger partial charge in [-0.25, -0.2) is 0 Å². The van der Waals surface area contributed by atoms with Crippen molar-refractivity contribution in [2.45, 2.75) is 26.1 Å². The molecule has 0 saturated carbocycles. The van der Waals surface area contributed by atoms with Crippen LogP contribution in [0.3, 0.4) is 0 Å². The second kappa shape index (κ2) is 11.1. The molecule has 5 nitrogen and oxygen atoms in total.